The monoisotopic (exact) mass is 283 g/mol. The number of amides is 1. The van der Waals surface area contributed by atoms with Crippen LogP contribution in [0.3, 0.4) is 0 Å². The molecule has 1 saturated heterocycles. The molecule has 0 aromatic heterocycles. The van der Waals surface area contributed by atoms with Crippen molar-refractivity contribution in [3.05, 3.63) is 42.0 Å². The zero-order valence-corrected chi connectivity index (χ0v) is 11.1. The largest absolute Gasteiger partial charge is 0.409 e. The summed E-state index contributed by atoms with van der Waals surface area (Å²) in [7, 11) is 0. The van der Waals surface area contributed by atoms with Gasteiger partial charge >= 0.3 is 11.9 Å². The summed E-state index contributed by atoms with van der Waals surface area (Å²) < 4.78 is 5.35. The van der Waals surface area contributed by atoms with Crippen LogP contribution in [-0.2, 0) is 9.53 Å². The smallest absolute Gasteiger partial charge is 0.344 e. The summed E-state index contributed by atoms with van der Waals surface area (Å²) in [5.74, 6) is -2.95. The van der Waals surface area contributed by atoms with E-state index in [0.29, 0.717) is 11.3 Å². The fraction of sp³-hybridized carbons (Fsp3) is 0.375. The van der Waals surface area contributed by atoms with Crippen molar-refractivity contribution < 1.29 is 19.4 Å². The number of nitrogens with zero attached hydrogens (tertiary/aromatic N) is 1. The molecule has 21 heavy (non-hydrogen) atoms. The molecule has 1 N–H and O–H groups in total. The van der Waals surface area contributed by atoms with Crippen molar-refractivity contribution in [3.63, 3.8) is 0 Å². The molecule has 5 rings (SSSR count). The number of rotatable bonds is 0. The van der Waals surface area contributed by atoms with Crippen molar-refractivity contribution in [3.8, 4) is 0 Å². The summed E-state index contributed by atoms with van der Waals surface area (Å²) >= 11 is 0. The van der Waals surface area contributed by atoms with Gasteiger partial charge in [0.15, 0.2) is 0 Å². The molecule has 1 aromatic rings. The van der Waals surface area contributed by atoms with Crippen molar-refractivity contribution in [2.75, 3.05) is 4.90 Å². The molecule has 2 heterocycles. The van der Waals surface area contributed by atoms with Crippen LogP contribution >= 0.6 is 0 Å². The molecule has 0 unspecified atom stereocenters. The first-order valence-electron chi connectivity index (χ1n) is 7.18. The number of fused-ring (bicyclic) bond motifs is 9. The predicted octanol–water partition coefficient (Wildman–Crippen LogP) is 1.29. The molecule has 2 aliphatic carbocycles. The molecule has 0 radical (unpaired) electrons. The first kappa shape index (κ1) is 11.5. The van der Waals surface area contributed by atoms with Gasteiger partial charge in [0.05, 0.1) is 23.1 Å². The second-order valence-corrected chi connectivity index (χ2v) is 6.24. The molecule has 2 fully saturated rings. The summed E-state index contributed by atoms with van der Waals surface area (Å²) in [6.45, 7) is 0. The fourth-order valence-electron chi connectivity index (χ4n) is 4.57. The Morgan fingerprint density at radius 1 is 1.19 bits per heavy atom. The van der Waals surface area contributed by atoms with E-state index in [0.717, 1.165) is 6.42 Å². The molecular weight excluding hydrogens is 270 g/mol. The zero-order chi connectivity index (χ0) is 14.4. The Kier molecular flexibility index (Phi) is 1.84. The number of allylic oxidation sites excluding steroid dienone is 2. The normalized spacial score (nSPS) is 41.9. The maximum atomic E-state index is 12.8. The quantitative estimate of drug-likeness (QED) is 0.575. The third-order valence-electron chi connectivity index (χ3n) is 5.33. The number of anilines is 1. The van der Waals surface area contributed by atoms with Crippen LogP contribution in [0.25, 0.3) is 0 Å². The number of ether oxygens (including phenoxy) is 1. The van der Waals surface area contributed by atoms with E-state index in [4.69, 9.17) is 4.74 Å². The second-order valence-electron chi connectivity index (χ2n) is 6.24. The highest BCUT2D eigenvalue weighted by Crippen LogP contribution is 2.60. The van der Waals surface area contributed by atoms with Crippen LogP contribution in [0.1, 0.15) is 16.8 Å². The van der Waals surface area contributed by atoms with Crippen LogP contribution in [0.2, 0.25) is 0 Å². The van der Waals surface area contributed by atoms with Gasteiger partial charge in [-0.05, 0) is 30.4 Å². The summed E-state index contributed by atoms with van der Waals surface area (Å²) in [4.78, 5) is 26.3. The Bertz CT molecular complexity index is 727. The van der Waals surface area contributed by atoms with Gasteiger partial charge in [0, 0.05) is 0 Å². The van der Waals surface area contributed by atoms with E-state index in [1.165, 1.54) is 4.90 Å². The molecular formula is C16H13NO4. The standard InChI is InChI=1S/C16H13NO4/c18-14-12-8-5-6-9(7-8)13(12)16(20)17(14)11-4-2-1-3-10(11)15(19)21-16/h1-6,8-9,12-13,20H,7H2/t8-,9-,12+,13-,16+/m0/s1. The minimum Gasteiger partial charge on any atom is -0.409 e. The Labute approximate surface area is 120 Å². The molecule has 2 bridgehead atoms. The minimum absolute atomic E-state index is 0.0945. The topological polar surface area (TPSA) is 66.8 Å². The highest BCUT2D eigenvalue weighted by atomic mass is 16.7. The van der Waals surface area contributed by atoms with E-state index < -0.39 is 11.9 Å². The van der Waals surface area contributed by atoms with Gasteiger partial charge < -0.3 is 9.84 Å². The average Bonchev–Trinajstić information content (AvgIpc) is 3.12. The number of aliphatic hydroxyl groups is 1. The van der Waals surface area contributed by atoms with Gasteiger partial charge in [-0.1, -0.05) is 24.3 Å². The molecule has 1 aromatic carbocycles. The number of carbonyl (C=O) groups excluding carboxylic acids is 2. The van der Waals surface area contributed by atoms with Gasteiger partial charge in [0.25, 0.3) is 0 Å². The van der Waals surface area contributed by atoms with E-state index in [9.17, 15) is 14.7 Å². The van der Waals surface area contributed by atoms with Crippen LogP contribution in [-0.4, -0.2) is 22.9 Å². The minimum atomic E-state index is -1.84. The highest BCUT2D eigenvalue weighted by molar-refractivity contribution is 6.08. The Balaban J connectivity index is 1.74. The van der Waals surface area contributed by atoms with Gasteiger partial charge in [-0.3, -0.25) is 4.79 Å². The second kappa shape index (κ2) is 3.36. The molecule has 106 valence electrons. The average molecular weight is 283 g/mol. The Morgan fingerprint density at radius 2 is 1.95 bits per heavy atom. The highest BCUT2D eigenvalue weighted by Gasteiger charge is 2.70. The van der Waals surface area contributed by atoms with E-state index in [2.05, 4.69) is 6.08 Å². The van der Waals surface area contributed by atoms with Gasteiger partial charge in [0.1, 0.15) is 0 Å². The number of para-hydroxylation sites is 1. The van der Waals surface area contributed by atoms with Crippen molar-refractivity contribution >= 4 is 17.6 Å². The lowest BCUT2D eigenvalue weighted by Gasteiger charge is -2.41. The van der Waals surface area contributed by atoms with E-state index in [1.54, 1.807) is 24.3 Å². The maximum Gasteiger partial charge on any atom is 0.344 e. The first-order valence-corrected chi connectivity index (χ1v) is 7.18. The van der Waals surface area contributed by atoms with E-state index >= 15 is 0 Å². The molecule has 2 aliphatic heterocycles. The Morgan fingerprint density at radius 3 is 2.81 bits per heavy atom. The zero-order valence-electron chi connectivity index (χ0n) is 11.1. The molecule has 0 spiro atoms. The van der Waals surface area contributed by atoms with Crippen molar-refractivity contribution in [2.45, 2.75) is 12.3 Å². The number of carbonyl (C=O) groups is 2. The SMILES string of the molecule is O=C1O[C@]2(O)[C@@H]3[C@H](C(=O)N2c2ccccc21)[C@H]1C=C[C@H]3C1. The van der Waals surface area contributed by atoms with Gasteiger partial charge in [-0.25, -0.2) is 9.69 Å². The maximum absolute atomic E-state index is 12.8. The fourth-order valence-corrected chi connectivity index (χ4v) is 4.57. The lowest BCUT2D eigenvalue weighted by molar-refractivity contribution is -0.196. The number of benzene rings is 1. The summed E-state index contributed by atoms with van der Waals surface area (Å²) in [5, 5.41) is 11.0. The lowest BCUT2D eigenvalue weighted by atomic mass is 9.83. The van der Waals surface area contributed by atoms with Crippen LogP contribution in [0, 0.1) is 23.7 Å². The number of hydrogen-bond acceptors (Lipinski definition) is 4. The van der Waals surface area contributed by atoms with Crippen molar-refractivity contribution in [1.29, 1.82) is 0 Å². The third kappa shape index (κ3) is 1.14. The Hall–Kier alpha value is -2.14. The molecule has 1 saturated carbocycles. The van der Waals surface area contributed by atoms with Crippen molar-refractivity contribution in [2.24, 2.45) is 23.7 Å². The third-order valence-corrected chi connectivity index (χ3v) is 5.33. The molecule has 5 atom stereocenters. The first-order chi connectivity index (χ1) is 10.1. The molecule has 5 nitrogen and oxygen atoms in total. The van der Waals surface area contributed by atoms with Gasteiger partial charge in [-0.2, -0.15) is 0 Å². The number of hydrogen-bond donors (Lipinski definition) is 1. The van der Waals surface area contributed by atoms with Crippen LogP contribution in [0.15, 0.2) is 36.4 Å². The summed E-state index contributed by atoms with van der Waals surface area (Å²) in [5.41, 5.74) is 0.783. The predicted molar refractivity (Wildman–Crippen MR) is 72.0 cm³/mol. The summed E-state index contributed by atoms with van der Waals surface area (Å²) in [6.07, 6.45) is 4.95. The van der Waals surface area contributed by atoms with Gasteiger partial charge in [-0.15, -0.1) is 0 Å². The van der Waals surface area contributed by atoms with Gasteiger partial charge in [0.2, 0.25) is 5.91 Å². The van der Waals surface area contributed by atoms with Crippen molar-refractivity contribution in [1.82, 2.24) is 0 Å². The van der Waals surface area contributed by atoms with E-state index in [-0.39, 0.29) is 29.6 Å². The molecule has 1 amide bonds. The van der Waals surface area contributed by atoms with Crippen LogP contribution in [0.4, 0.5) is 5.69 Å². The van der Waals surface area contributed by atoms with Crippen LogP contribution in [0.5, 0.6) is 0 Å². The molecule has 5 heteroatoms. The van der Waals surface area contributed by atoms with Crippen LogP contribution < -0.4 is 4.90 Å². The van der Waals surface area contributed by atoms with E-state index in [1.807, 2.05) is 6.08 Å². The molecule has 4 aliphatic rings. The lowest BCUT2D eigenvalue weighted by Crippen LogP contribution is -2.57. The summed E-state index contributed by atoms with van der Waals surface area (Å²) in [6, 6.07) is 6.78. The number of esters is 1.